The molecule has 0 saturated heterocycles. The summed E-state index contributed by atoms with van der Waals surface area (Å²) in [5.74, 6) is -2.27. The van der Waals surface area contributed by atoms with Gasteiger partial charge in [-0.3, -0.25) is 0 Å². The van der Waals surface area contributed by atoms with E-state index in [1.54, 1.807) is 18.2 Å². The number of hydrogen-bond donors (Lipinski definition) is 2. The third kappa shape index (κ3) is 4.22. The molecule has 2 N–H and O–H groups in total. The van der Waals surface area contributed by atoms with Crippen molar-refractivity contribution >= 4 is 11.9 Å². The van der Waals surface area contributed by atoms with E-state index in [-0.39, 0.29) is 5.92 Å². The monoisotopic (exact) mass is 264 g/mol. The third-order valence-corrected chi connectivity index (χ3v) is 2.92. The number of carboxylic acid groups (broad SMARTS) is 2. The minimum absolute atomic E-state index is 0.226. The molecule has 102 valence electrons. The Morgan fingerprint density at radius 1 is 1.32 bits per heavy atom. The molecule has 0 aliphatic heterocycles. The second-order valence-corrected chi connectivity index (χ2v) is 4.29. The van der Waals surface area contributed by atoms with Gasteiger partial charge in [0.2, 0.25) is 0 Å². The number of hydrogen-bond acceptors (Lipinski definition) is 3. The first-order chi connectivity index (χ1) is 8.87. The number of carboxylic acids is 2. The Balaban J connectivity index is 2.97. The van der Waals surface area contributed by atoms with Crippen molar-refractivity contribution in [3.63, 3.8) is 0 Å². The summed E-state index contributed by atoms with van der Waals surface area (Å²) in [6.45, 7) is 1.81. The predicted molar refractivity (Wildman–Crippen MR) is 69.7 cm³/mol. The zero-order valence-electron chi connectivity index (χ0n) is 10.7. The molecule has 5 nitrogen and oxygen atoms in total. The van der Waals surface area contributed by atoms with Crippen molar-refractivity contribution in [2.75, 3.05) is 7.11 Å². The van der Waals surface area contributed by atoms with Crippen molar-refractivity contribution in [2.45, 2.75) is 12.5 Å². The zero-order chi connectivity index (χ0) is 14.5. The highest BCUT2D eigenvalue weighted by atomic mass is 16.5. The number of rotatable bonds is 5. The summed E-state index contributed by atoms with van der Waals surface area (Å²) in [7, 11) is 1.52. The predicted octanol–water partition coefficient (Wildman–Crippen LogP) is 1.79. The number of methoxy groups -OCH3 is 1. The maximum atomic E-state index is 10.5. The molecule has 0 aromatic rings. The van der Waals surface area contributed by atoms with Crippen LogP contribution in [0.4, 0.5) is 0 Å². The van der Waals surface area contributed by atoms with E-state index in [1.807, 2.05) is 6.92 Å². The lowest BCUT2D eigenvalue weighted by atomic mass is 9.82. The van der Waals surface area contributed by atoms with Gasteiger partial charge in [-0.25, -0.2) is 9.59 Å². The number of carbonyl (C=O) groups is 2. The van der Waals surface area contributed by atoms with E-state index in [0.29, 0.717) is 5.57 Å². The van der Waals surface area contributed by atoms with Gasteiger partial charge in [0.25, 0.3) is 0 Å². The summed E-state index contributed by atoms with van der Waals surface area (Å²) in [6.07, 6.45) is 10.4. The molecular weight excluding hydrogens is 248 g/mol. The van der Waals surface area contributed by atoms with Crippen LogP contribution in [-0.4, -0.2) is 34.9 Å². The van der Waals surface area contributed by atoms with Gasteiger partial charge in [0.1, 0.15) is 0 Å². The van der Waals surface area contributed by atoms with Crippen molar-refractivity contribution in [3.05, 3.63) is 48.1 Å². The van der Waals surface area contributed by atoms with Crippen LogP contribution in [0.3, 0.4) is 0 Å². The maximum Gasteiger partial charge on any atom is 0.328 e. The fraction of sp³-hybridized carbons (Fsp3) is 0.286. The van der Waals surface area contributed by atoms with E-state index in [9.17, 15) is 9.59 Å². The second kappa shape index (κ2) is 6.15. The number of ether oxygens (including phenoxy) is 1. The lowest BCUT2D eigenvalue weighted by molar-refractivity contribution is -0.132. The van der Waals surface area contributed by atoms with Crippen molar-refractivity contribution in [1.82, 2.24) is 0 Å². The molecule has 0 radical (unpaired) electrons. The van der Waals surface area contributed by atoms with Crippen molar-refractivity contribution in [1.29, 1.82) is 0 Å². The largest absolute Gasteiger partial charge is 0.478 e. The molecule has 0 heterocycles. The lowest BCUT2D eigenvalue weighted by Crippen LogP contribution is -2.34. The van der Waals surface area contributed by atoms with Crippen LogP contribution in [0.2, 0.25) is 0 Å². The molecule has 0 amide bonds. The van der Waals surface area contributed by atoms with Crippen molar-refractivity contribution < 1.29 is 24.5 Å². The standard InChI is InChI=1S/C14H16O5/c1-14(19-2)9-10(4-7-12(15)16)3-5-11(14)6-8-13(17)18/h3-9,11H,1-2H3,(H,15,16)(H,17,18). The van der Waals surface area contributed by atoms with Gasteiger partial charge < -0.3 is 14.9 Å². The van der Waals surface area contributed by atoms with Gasteiger partial charge in [0, 0.05) is 25.2 Å². The summed E-state index contributed by atoms with van der Waals surface area (Å²) in [4.78, 5) is 21.0. The summed E-state index contributed by atoms with van der Waals surface area (Å²) in [5.41, 5.74) is -0.00878. The van der Waals surface area contributed by atoms with E-state index in [1.165, 1.54) is 19.3 Å². The van der Waals surface area contributed by atoms with Gasteiger partial charge in [-0.05, 0) is 24.6 Å². The topological polar surface area (TPSA) is 83.8 Å². The summed E-state index contributed by atoms with van der Waals surface area (Å²) in [6, 6.07) is 0. The molecule has 0 aromatic heterocycles. The Labute approximate surface area is 111 Å². The SMILES string of the molecule is COC1(C)C=C(C=CC(=O)O)C=CC1C=CC(=O)O. The van der Waals surface area contributed by atoms with Crippen molar-refractivity contribution in [3.8, 4) is 0 Å². The van der Waals surface area contributed by atoms with Crippen LogP contribution in [0, 0.1) is 5.92 Å². The maximum absolute atomic E-state index is 10.5. The van der Waals surface area contributed by atoms with Crippen LogP contribution in [0.5, 0.6) is 0 Å². The first kappa shape index (κ1) is 14.9. The van der Waals surface area contributed by atoms with Gasteiger partial charge in [-0.1, -0.05) is 18.2 Å². The number of allylic oxidation sites excluding steroid dienone is 3. The highest BCUT2D eigenvalue weighted by Crippen LogP contribution is 2.31. The number of aliphatic carboxylic acids is 2. The van der Waals surface area contributed by atoms with Crippen LogP contribution in [0.15, 0.2) is 48.1 Å². The summed E-state index contributed by atoms with van der Waals surface area (Å²) < 4.78 is 5.41. The van der Waals surface area contributed by atoms with Gasteiger partial charge in [0.05, 0.1) is 5.60 Å². The Morgan fingerprint density at radius 2 is 1.95 bits per heavy atom. The van der Waals surface area contributed by atoms with Crippen LogP contribution < -0.4 is 0 Å². The first-order valence-electron chi connectivity index (χ1n) is 5.66. The van der Waals surface area contributed by atoms with Crippen LogP contribution in [-0.2, 0) is 14.3 Å². The van der Waals surface area contributed by atoms with E-state index in [4.69, 9.17) is 14.9 Å². The van der Waals surface area contributed by atoms with E-state index >= 15 is 0 Å². The highest BCUT2D eigenvalue weighted by molar-refractivity contribution is 5.81. The van der Waals surface area contributed by atoms with Crippen LogP contribution >= 0.6 is 0 Å². The molecular formula is C14H16O5. The Hall–Kier alpha value is -2.14. The first-order valence-corrected chi connectivity index (χ1v) is 5.66. The minimum Gasteiger partial charge on any atom is -0.478 e. The fourth-order valence-electron chi connectivity index (χ4n) is 1.79. The molecule has 2 unspecified atom stereocenters. The van der Waals surface area contributed by atoms with Gasteiger partial charge in [-0.2, -0.15) is 0 Å². The van der Waals surface area contributed by atoms with Crippen molar-refractivity contribution in [2.24, 2.45) is 5.92 Å². The molecule has 19 heavy (non-hydrogen) atoms. The molecule has 1 aliphatic rings. The molecule has 0 spiro atoms. The van der Waals surface area contributed by atoms with Gasteiger partial charge in [0.15, 0.2) is 0 Å². The average molecular weight is 264 g/mol. The summed E-state index contributed by atoms with van der Waals surface area (Å²) in [5, 5.41) is 17.2. The Kier molecular flexibility index (Phi) is 4.83. The smallest absolute Gasteiger partial charge is 0.328 e. The fourth-order valence-corrected chi connectivity index (χ4v) is 1.79. The Bertz CT molecular complexity index is 484. The van der Waals surface area contributed by atoms with Gasteiger partial charge >= 0.3 is 11.9 Å². The van der Waals surface area contributed by atoms with Crippen LogP contribution in [0.25, 0.3) is 0 Å². The second-order valence-electron chi connectivity index (χ2n) is 4.29. The average Bonchev–Trinajstić information content (AvgIpc) is 2.35. The molecule has 0 aromatic carbocycles. The van der Waals surface area contributed by atoms with E-state index < -0.39 is 17.5 Å². The quantitative estimate of drug-likeness (QED) is 0.739. The van der Waals surface area contributed by atoms with Gasteiger partial charge in [-0.15, -0.1) is 0 Å². The third-order valence-electron chi connectivity index (χ3n) is 2.92. The molecule has 2 atom stereocenters. The minimum atomic E-state index is -1.03. The molecule has 0 saturated carbocycles. The zero-order valence-corrected chi connectivity index (χ0v) is 10.7. The van der Waals surface area contributed by atoms with Crippen LogP contribution in [0.1, 0.15) is 6.92 Å². The molecule has 0 bridgehead atoms. The normalized spacial score (nSPS) is 26.8. The van der Waals surface area contributed by atoms with E-state index in [0.717, 1.165) is 12.2 Å². The lowest BCUT2D eigenvalue weighted by Gasteiger charge is -2.33. The molecule has 5 heteroatoms. The molecule has 1 aliphatic carbocycles. The summed E-state index contributed by atoms with van der Waals surface area (Å²) >= 11 is 0. The highest BCUT2D eigenvalue weighted by Gasteiger charge is 2.31. The Morgan fingerprint density at radius 3 is 2.47 bits per heavy atom. The molecule has 0 fully saturated rings. The molecule has 1 rings (SSSR count). The van der Waals surface area contributed by atoms with E-state index in [2.05, 4.69) is 0 Å².